The summed E-state index contributed by atoms with van der Waals surface area (Å²) in [7, 11) is 0. The number of carbonyl (C=O) groups excluding carboxylic acids is 1. The van der Waals surface area contributed by atoms with Crippen molar-refractivity contribution < 1.29 is 4.79 Å². The molecule has 2 aromatic heterocycles. The predicted octanol–water partition coefficient (Wildman–Crippen LogP) is 1.30. The molecule has 0 aromatic carbocycles. The number of hydrogen-bond donors (Lipinski definition) is 2. The lowest BCUT2D eigenvalue weighted by atomic mass is 10.1. The molecular formula is C13H14N4O. The minimum Gasteiger partial charge on any atom is -0.397 e. The van der Waals surface area contributed by atoms with Crippen LogP contribution in [0.5, 0.6) is 0 Å². The van der Waals surface area contributed by atoms with E-state index >= 15 is 0 Å². The van der Waals surface area contributed by atoms with Gasteiger partial charge in [-0.2, -0.15) is 0 Å². The highest BCUT2D eigenvalue weighted by Gasteiger charge is 2.09. The second-order valence-corrected chi connectivity index (χ2v) is 3.95. The minimum absolute atomic E-state index is 0.203. The summed E-state index contributed by atoms with van der Waals surface area (Å²) in [6, 6.07) is 3.48. The molecule has 5 nitrogen and oxygen atoms in total. The first-order valence-electron chi connectivity index (χ1n) is 5.55. The van der Waals surface area contributed by atoms with Crippen LogP contribution < -0.4 is 11.1 Å². The molecule has 5 heteroatoms. The SMILES string of the molecule is Cc1cnccc1CNC(=O)c1ccncc1N. The van der Waals surface area contributed by atoms with E-state index in [1.807, 2.05) is 13.0 Å². The molecule has 0 unspecified atom stereocenters. The fourth-order valence-corrected chi connectivity index (χ4v) is 1.58. The van der Waals surface area contributed by atoms with Crippen molar-refractivity contribution >= 4 is 11.6 Å². The largest absolute Gasteiger partial charge is 0.397 e. The van der Waals surface area contributed by atoms with Crippen LogP contribution in [0.1, 0.15) is 21.5 Å². The second-order valence-electron chi connectivity index (χ2n) is 3.95. The number of rotatable bonds is 3. The molecular weight excluding hydrogens is 228 g/mol. The Hall–Kier alpha value is -2.43. The van der Waals surface area contributed by atoms with Crippen molar-refractivity contribution in [3.05, 3.63) is 53.6 Å². The molecule has 0 saturated carbocycles. The number of hydrogen-bond acceptors (Lipinski definition) is 4. The molecule has 92 valence electrons. The highest BCUT2D eigenvalue weighted by atomic mass is 16.1. The van der Waals surface area contributed by atoms with E-state index in [2.05, 4.69) is 15.3 Å². The molecule has 3 N–H and O–H groups in total. The molecule has 0 aliphatic rings. The first-order valence-corrected chi connectivity index (χ1v) is 5.55. The van der Waals surface area contributed by atoms with Crippen molar-refractivity contribution in [2.75, 3.05) is 5.73 Å². The standard InChI is InChI=1S/C13H14N4O/c1-9-6-15-4-2-10(9)7-17-13(18)11-3-5-16-8-12(11)14/h2-6,8H,7,14H2,1H3,(H,17,18). The van der Waals surface area contributed by atoms with Gasteiger partial charge in [0.1, 0.15) is 0 Å². The van der Waals surface area contributed by atoms with Crippen LogP contribution >= 0.6 is 0 Å². The highest BCUT2D eigenvalue weighted by molar-refractivity contribution is 5.98. The Kier molecular flexibility index (Phi) is 3.52. The Morgan fingerprint density at radius 2 is 2.00 bits per heavy atom. The van der Waals surface area contributed by atoms with Crippen molar-refractivity contribution in [2.45, 2.75) is 13.5 Å². The zero-order valence-corrected chi connectivity index (χ0v) is 10.1. The zero-order valence-electron chi connectivity index (χ0n) is 10.1. The number of nitrogens with one attached hydrogen (secondary N) is 1. The molecule has 0 atom stereocenters. The lowest BCUT2D eigenvalue weighted by Crippen LogP contribution is -2.24. The van der Waals surface area contributed by atoms with E-state index in [0.717, 1.165) is 11.1 Å². The van der Waals surface area contributed by atoms with Crippen LogP contribution in [0.25, 0.3) is 0 Å². The molecule has 2 rings (SSSR count). The van der Waals surface area contributed by atoms with E-state index in [-0.39, 0.29) is 5.91 Å². The average Bonchev–Trinajstić information content (AvgIpc) is 2.38. The molecule has 1 amide bonds. The first kappa shape index (κ1) is 12.0. The van der Waals surface area contributed by atoms with E-state index in [9.17, 15) is 4.79 Å². The molecule has 18 heavy (non-hydrogen) atoms. The Morgan fingerprint density at radius 3 is 2.72 bits per heavy atom. The Balaban J connectivity index is 2.06. The number of carbonyl (C=O) groups is 1. The summed E-state index contributed by atoms with van der Waals surface area (Å²) >= 11 is 0. The normalized spacial score (nSPS) is 10.1. The summed E-state index contributed by atoms with van der Waals surface area (Å²) < 4.78 is 0. The molecule has 0 radical (unpaired) electrons. The lowest BCUT2D eigenvalue weighted by molar-refractivity contribution is 0.0951. The molecule has 0 aliphatic heterocycles. The molecule has 0 bridgehead atoms. The quantitative estimate of drug-likeness (QED) is 0.850. The van der Waals surface area contributed by atoms with Gasteiger partial charge in [-0.1, -0.05) is 0 Å². The van der Waals surface area contributed by atoms with Gasteiger partial charge in [0, 0.05) is 25.1 Å². The monoisotopic (exact) mass is 242 g/mol. The summed E-state index contributed by atoms with van der Waals surface area (Å²) in [4.78, 5) is 19.8. The maximum atomic E-state index is 11.9. The Labute approximate surface area is 105 Å². The van der Waals surface area contributed by atoms with Crippen molar-refractivity contribution in [3.8, 4) is 0 Å². The van der Waals surface area contributed by atoms with Gasteiger partial charge in [0.05, 0.1) is 17.4 Å². The van der Waals surface area contributed by atoms with Crippen LogP contribution in [-0.2, 0) is 6.54 Å². The number of aromatic nitrogens is 2. The molecule has 2 aromatic rings. The van der Waals surface area contributed by atoms with E-state index in [0.29, 0.717) is 17.8 Å². The maximum Gasteiger partial charge on any atom is 0.253 e. The highest BCUT2D eigenvalue weighted by Crippen LogP contribution is 2.09. The molecule has 0 spiro atoms. The third kappa shape index (κ3) is 2.63. The van der Waals surface area contributed by atoms with Gasteiger partial charge in [-0.15, -0.1) is 0 Å². The second kappa shape index (κ2) is 5.27. The first-order chi connectivity index (χ1) is 8.68. The van der Waals surface area contributed by atoms with Gasteiger partial charge in [-0.05, 0) is 30.2 Å². The number of anilines is 1. The number of pyridine rings is 2. The lowest BCUT2D eigenvalue weighted by Gasteiger charge is -2.08. The number of nitrogens with two attached hydrogens (primary N) is 1. The summed E-state index contributed by atoms with van der Waals surface area (Å²) in [5.41, 5.74) is 8.58. The van der Waals surface area contributed by atoms with Gasteiger partial charge < -0.3 is 11.1 Å². The van der Waals surface area contributed by atoms with Crippen LogP contribution in [0.3, 0.4) is 0 Å². The van der Waals surface area contributed by atoms with Crippen molar-refractivity contribution in [3.63, 3.8) is 0 Å². The van der Waals surface area contributed by atoms with Crippen LogP contribution in [0.4, 0.5) is 5.69 Å². The van der Waals surface area contributed by atoms with Gasteiger partial charge in [0.25, 0.3) is 5.91 Å². The molecule has 0 fully saturated rings. The summed E-state index contributed by atoms with van der Waals surface area (Å²) in [5.74, 6) is -0.203. The van der Waals surface area contributed by atoms with E-state index in [1.165, 1.54) is 6.20 Å². The fraction of sp³-hybridized carbons (Fsp3) is 0.154. The summed E-state index contributed by atoms with van der Waals surface area (Å²) in [5, 5.41) is 2.82. The third-order valence-corrected chi connectivity index (χ3v) is 2.67. The van der Waals surface area contributed by atoms with Gasteiger partial charge in [-0.3, -0.25) is 14.8 Å². The van der Waals surface area contributed by atoms with Crippen LogP contribution in [-0.4, -0.2) is 15.9 Å². The van der Waals surface area contributed by atoms with Crippen molar-refractivity contribution in [2.24, 2.45) is 0 Å². The summed E-state index contributed by atoms with van der Waals surface area (Å²) in [6.45, 7) is 2.41. The predicted molar refractivity (Wildman–Crippen MR) is 68.8 cm³/mol. The van der Waals surface area contributed by atoms with Gasteiger partial charge >= 0.3 is 0 Å². The number of amides is 1. The van der Waals surface area contributed by atoms with E-state index in [4.69, 9.17) is 5.73 Å². The average molecular weight is 242 g/mol. The van der Waals surface area contributed by atoms with Crippen LogP contribution in [0.15, 0.2) is 36.9 Å². The Bertz CT molecular complexity index is 568. The van der Waals surface area contributed by atoms with Gasteiger partial charge in [-0.25, -0.2) is 0 Å². The van der Waals surface area contributed by atoms with Gasteiger partial charge in [0.2, 0.25) is 0 Å². The molecule has 2 heterocycles. The maximum absolute atomic E-state index is 11.9. The molecule has 0 saturated heterocycles. The number of nitrogen functional groups attached to an aromatic ring is 1. The topological polar surface area (TPSA) is 80.9 Å². The van der Waals surface area contributed by atoms with Gasteiger partial charge in [0.15, 0.2) is 0 Å². The van der Waals surface area contributed by atoms with Crippen molar-refractivity contribution in [1.29, 1.82) is 0 Å². The number of aryl methyl sites for hydroxylation is 1. The molecule has 0 aliphatic carbocycles. The zero-order chi connectivity index (χ0) is 13.0. The van der Waals surface area contributed by atoms with Crippen LogP contribution in [0, 0.1) is 6.92 Å². The van der Waals surface area contributed by atoms with E-state index in [1.54, 1.807) is 24.7 Å². The minimum atomic E-state index is -0.203. The smallest absolute Gasteiger partial charge is 0.253 e. The third-order valence-electron chi connectivity index (χ3n) is 2.67. The van der Waals surface area contributed by atoms with Crippen molar-refractivity contribution in [1.82, 2.24) is 15.3 Å². The fourth-order valence-electron chi connectivity index (χ4n) is 1.58. The summed E-state index contributed by atoms with van der Waals surface area (Å²) in [6.07, 6.45) is 6.48. The van der Waals surface area contributed by atoms with Crippen LogP contribution in [0.2, 0.25) is 0 Å². The number of nitrogens with zero attached hydrogens (tertiary/aromatic N) is 2. The van der Waals surface area contributed by atoms with E-state index < -0.39 is 0 Å². The Morgan fingerprint density at radius 1 is 1.28 bits per heavy atom.